The molecule has 1 aliphatic heterocycles. The molecule has 0 aliphatic carbocycles. The van der Waals surface area contributed by atoms with Crippen molar-refractivity contribution in [1.82, 2.24) is 10.9 Å². The molecule has 42 heavy (non-hydrogen) atoms. The largest absolute Gasteiger partial charge is 0.494 e. The van der Waals surface area contributed by atoms with Crippen molar-refractivity contribution in [2.24, 2.45) is 10.1 Å². The highest BCUT2D eigenvalue weighted by Crippen LogP contribution is 2.45. The number of amides is 1. The second kappa shape index (κ2) is 13.7. The number of halogens is 4. The summed E-state index contributed by atoms with van der Waals surface area (Å²) in [5.74, 6) is -0.290. The number of benzene rings is 3. The van der Waals surface area contributed by atoms with Gasteiger partial charge in [-0.05, 0) is 47.5 Å². The predicted molar refractivity (Wildman–Crippen MR) is 152 cm³/mol. The number of nitrogens with one attached hydrogen (secondary N) is 2. The summed E-state index contributed by atoms with van der Waals surface area (Å²) in [4.78, 5) is 21.5. The number of ether oxygens (including phenoxy) is 2. The van der Waals surface area contributed by atoms with Gasteiger partial charge in [-0.3, -0.25) is 10.2 Å². The summed E-state index contributed by atoms with van der Waals surface area (Å²) in [5.41, 5.74) is 13.1. The van der Waals surface area contributed by atoms with Gasteiger partial charge in [0.2, 0.25) is 5.90 Å². The Balaban J connectivity index is 1.81. The molecule has 0 fully saturated rings. The molecule has 0 saturated heterocycles. The van der Waals surface area contributed by atoms with Gasteiger partial charge in [0, 0.05) is 45.6 Å². The molecule has 3 aromatic rings. The van der Waals surface area contributed by atoms with Crippen LogP contribution in [0.25, 0.3) is 10.4 Å². The number of nitrogens with zero attached hydrogens (tertiary/aromatic N) is 4. The minimum absolute atomic E-state index is 0.0121. The van der Waals surface area contributed by atoms with Crippen molar-refractivity contribution in [3.05, 3.63) is 104 Å². The second-order valence-corrected chi connectivity index (χ2v) is 10.2. The summed E-state index contributed by atoms with van der Waals surface area (Å²) in [7, 11) is 0. The van der Waals surface area contributed by atoms with Crippen LogP contribution >= 0.6 is 15.9 Å². The van der Waals surface area contributed by atoms with Crippen molar-refractivity contribution in [2.75, 3.05) is 19.8 Å². The Kier molecular flexibility index (Phi) is 10.1. The highest BCUT2D eigenvalue weighted by Gasteiger charge is 2.54. The van der Waals surface area contributed by atoms with Crippen LogP contribution in [0.15, 0.2) is 87.4 Å². The van der Waals surface area contributed by atoms with E-state index in [1.54, 1.807) is 72.8 Å². The third-order valence-electron chi connectivity index (χ3n) is 6.28. The summed E-state index contributed by atoms with van der Waals surface area (Å²) in [5, 5.41) is 12.7. The Morgan fingerprint density at radius 2 is 1.86 bits per heavy atom. The molecule has 3 N–H and O–H groups in total. The van der Waals surface area contributed by atoms with Gasteiger partial charge in [-0.2, -0.15) is 13.2 Å². The van der Waals surface area contributed by atoms with Gasteiger partial charge in [0.05, 0.1) is 6.61 Å². The van der Waals surface area contributed by atoms with E-state index in [9.17, 15) is 23.5 Å². The average Bonchev–Trinajstić information content (AvgIpc) is 3.35. The highest BCUT2D eigenvalue weighted by atomic mass is 79.9. The van der Waals surface area contributed by atoms with E-state index >= 15 is 0 Å². The van der Waals surface area contributed by atoms with Crippen LogP contribution in [-0.4, -0.2) is 48.4 Å². The van der Waals surface area contributed by atoms with Crippen LogP contribution in [0, 0.1) is 0 Å². The topological polar surface area (TPSA) is 141 Å². The number of aliphatic hydroxyl groups is 1. The van der Waals surface area contributed by atoms with E-state index < -0.39 is 30.3 Å². The Hall–Kier alpha value is -4.10. The predicted octanol–water partition coefficient (Wildman–Crippen LogP) is 5.83. The maximum absolute atomic E-state index is 13.9. The van der Waals surface area contributed by atoms with Crippen LogP contribution in [0.1, 0.15) is 29.2 Å². The fourth-order valence-electron chi connectivity index (χ4n) is 4.35. The van der Waals surface area contributed by atoms with Crippen LogP contribution in [0.5, 0.6) is 5.75 Å². The fourth-order valence-corrected chi connectivity index (χ4v) is 4.62. The number of alkyl halides is 3. The molecule has 0 radical (unpaired) electrons. The number of carbonyl (C=O) groups excluding carboxylic acids is 1. The number of carbonyl (C=O) groups is 1. The minimum Gasteiger partial charge on any atom is -0.494 e. The number of rotatable bonds is 12. The molecule has 0 bridgehead atoms. The first-order chi connectivity index (χ1) is 20.1. The zero-order valence-electron chi connectivity index (χ0n) is 22.0. The minimum atomic E-state index is -4.58. The van der Waals surface area contributed by atoms with E-state index in [4.69, 9.17) is 19.6 Å². The van der Waals surface area contributed by atoms with Crippen LogP contribution in [0.2, 0.25) is 0 Å². The number of aliphatic hydroxyl groups excluding tert-OH is 1. The Labute approximate surface area is 247 Å². The number of hydrogen-bond donors (Lipinski definition) is 3. The number of hydrazine groups is 1. The van der Waals surface area contributed by atoms with Crippen molar-refractivity contribution in [2.45, 2.75) is 30.7 Å². The van der Waals surface area contributed by atoms with E-state index in [0.29, 0.717) is 35.5 Å². The van der Waals surface area contributed by atoms with Crippen LogP contribution in [-0.2, 0) is 16.0 Å². The highest BCUT2D eigenvalue weighted by molar-refractivity contribution is 9.10. The molecule has 220 valence electrons. The average molecular weight is 647 g/mol. The van der Waals surface area contributed by atoms with Gasteiger partial charge in [0.15, 0.2) is 11.6 Å². The molecule has 0 spiro atoms. The fraction of sp³-hybridized carbons (Fsp3) is 0.286. The molecular formula is C28H26BrF3N6O4. The van der Waals surface area contributed by atoms with E-state index in [2.05, 4.69) is 31.4 Å². The van der Waals surface area contributed by atoms with Crippen molar-refractivity contribution in [1.29, 1.82) is 0 Å². The Bertz CT molecular complexity index is 1460. The summed E-state index contributed by atoms with van der Waals surface area (Å²) in [6.45, 7) is -1.17. The quantitative estimate of drug-likeness (QED) is 0.0746. The van der Waals surface area contributed by atoms with Gasteiger partial charge in [0.25, 0.3) is 5.91 Å². The van der Waals surface area contributed by atoms with E-state index in [0.717, 1.165) is 4.47 Å². The number of hydrogen-bond acceptors (Lipinski definition) is 7. The SMILES string of the molecule is [N-]=[N+]=Nc1ccccc1[C@@H]1OC(c2ccc(OCCCO)cc2)=N[C@]1(Cc1ccc(Br)cc1)C(=O)NNCC(F)(F)F. The third kappa shape index (κ3) is 7.59. The molecular weight excluding hydrogens is 621 g/mol. The molecule has 0 unspecified atom stereocenters. The van der Waals surface area contributed by atoms with Crippen molar-refractivity contribution >= 4 is 33.4 Å². The van der Waals surface area contributed by atoms with E-state index in [-0.39, 0.29) is 24.6 Å². The van der Waals surface area contributed by atoms with Crippen LogP contribution in [0.4, 0.5) is 18.9 Å². The summed E-state index contributed by atoms with van der Waals surface area (Å²) in [6, 6.07) is 20.2. The molecule has 10 nitrogen and oxygen atoms in total. The summed E-state index contributed by atoms with van der Waals surface area (Å²) in [6.07, 6.45) is -5.38. The van der Waals surface area contributed by atoms with Crippen molar-refractivity contribution in [3.8, 4) is 5.75 Å². The summed E-state index contributed by atoms with van der Waals surface area (Å²) < 4.78 is 51.4. The zero-order chi connectivity index (χ0) is 30.2. The number of aliphatic imine (C=N–C) groups is 1. The van der Waals surface area contributed by atoms with E-state index in [1.165, 1.54) is 0 Å². The first-order valence-electron chi connectivity index (χ1n) is 12.7. The lowest BCUT2D eigenvalue weighted by Crippen LogP contribution is -2.55. The molecule has 4 rings (SSSR count). The van der Waals surface area contributed by atoms with Crippen LogP contribution < -0.4 is 15.6 Å². The maximum atomic E-state index is 13.9. The molecule has 0 saturated carbocycles. The molecule has 1 amide bonds. The first-order valence-corrected chi connectivity index (χ1v) is 13.5. The molecule has 0 aromatic heterocycles. The molecule has 3 aromatic carbocycles. The lowest BCUT2D eigenvalue weighted by atomic mass is 9.81. The van der Waals surface area contributed by atoms with Gasteiger partial charge >= 0.3 is 6.18 Å². The van der Waals surface area contributed by atoms with E-state index in [1.807, 2.05) is 5.43 Å². The van der Waals surface area contributed by atoms with Gasteiger partial charge in [-0.1, -0.05) is 57.4 Å². The summed E-state index contributed by atoms with van der Waals surface area (Å²) >= 11 is 3.38. The lowest BCUT2D eigenvalue weighted by Gasteiger charge is -2.31. The van der Waals surface area contributed by atoms with Gasteiger partial charge in [0.1, 0.15) is 12.3 Å². The molecule has 1 aliphatic rings. The maximum Gasteiger partial charge on any atom is 0.402 e. The first kappa shape index (κ1) is 30.8. The van der Waals surface area contributed by atoms with Crippen LogP contribution in [0.3, 0.4) is 0 Å². The standard InChI is InChI=1S/C28H26BrF3N6O4/c29-20-10-6-18(7-11-20)16-27(26(40)37-34-17-28(30,31)32)24(22-4-1-2-5-23(22)36-38-33)42-25(35-27)19-8-12-21(13-9-19)41-15-3-14-39/h1-2,4-13,24,34,39H,3,14-17H2,(H,37,40)/t24-,27-/m0/s1. The van der Waals surface area contributed by atoms with Gasteiger partial charge < -0.3 is 14.6 Å². The molecule has 1 heterocycles. The monoisotopic (exact) mass is 646 g/mol. The van der Waals surface area contributed by atoms with Gasteiger partial charge in [-0.25, -0.2) is 10.4 Å². The molecule has 2 atom stereocenters. The Morgan fingerprint density at radius 3 is 2.52 bits per heavy atom. The normalized spacial score (nSPS) is 18.0. The number of azide groups is 1. The zero-order valence-corrected chi connectivity index (χ0v) is 23.6. The smallest absolute Gasteiger partial charge is 0.402 e. The Morgan fingerprint density at radius 1 is 1.14 bits per heavy atom. The molecule has 14 heteroatoms. The van der Waals surface area contributed by atoms with Gasteiger partial charge in [-0.15, -0.1) is 0 Å². The van der Waals surface area contributed by atoms with Crippen molar-refractivity contribution in [3.63, 3.8) is 0 Å². The third-order valence-corrected chi connectivity index (χ3v) is 6.81. The van der Waals surface area contributed by atoms with Crippen molar-refractivity contribution < 1.29 is 32.5 Å². The lowest BCUT2D eigenvalue weighted by molar-refractivity contribution is -0.136. The second-order valence-electron chi connectivity index (χ2n) is 9.26.